The molecule has 3 aromatic rings. The van der Waals surface area contributed by atoms with Crippen LogP contribution in [-0.2, 0) is 29.6 Å². The number of rotatable bonds is 12. The number of likely N-dealkylation sites (tertiary alicyclic amines) is 1. The van der Waals surface area contributed by atoms with Crippen molar-refractivity contribution in [2.75, 3.05) is 26.2 Å². The normalized spacial score (nSPS) is 23.4. The Balaban J connectivity index is 0.709. The third-order valence-electron chi connectivity index (χ3n) is 12.5. The molecular formula is C42H53ClN9O3+. The molecule has 0 spiro atoms. The van der Waals surface area contributed by atoms with E-state index < -0.39 is 6.04 Å². The van der Waals surface area contributed by atoms with Gasteiger partial charge in [0.2, 0.25) is 11.8 Å². The summed E-state index contributed by atoms with van der Waals surface area (Å²) in [5.41, 5.74) is 5.83. The van der Waals surface area contributed by atoms with Crippen molar-refractivity contribution in [1.82, 2.24) is 40.2 Å². The molecule has 0 bridgehead atoms. The first-order chi connectivity index (χ1) is 26.8. The number of carbonyl (C=O) groups is 3. The van der Waals surface area contributed by atoms with E-state index in [9.17, 15) is 14.4 Å². The van der Waals surface area contributed by atoms with E-state index in [2.05, 4.69) is 48.7 Å². The second kappa shape index (κ2) is 16.9. The molecule has 2 saturated heterocycles. The number of hydrogen-bond acceptors (Lipinski definition) is 8. The second-order valence-electron chi connectivity index (χ2n) is 16.4. The zero-order valence-corrected chi connectivity index (χ0v) is 32.7. The number of nitrogens with one attached hydrogen (secondary N) is 2. The highest BCUT2D eigenvalue weighted by Gasteiger charge is 2.39. The molecule has 290 valence electrons. The first kappa shape index (κ1) is 37.7. The molecule has 5 aliphatic rings. The van der Waals surface area contributed by atoms with Gasteiger partial charge in [-0.25, -0.2) is 0 Å². The van der Waals surface area contributed by atoms with Crippen molar-refractivity contribution < 1.29 is 14.4 Å². The summed E-state index contributed by atoms with van der Waals surface area (Å²) >= 11 is 6.54. The van der Waals surface area contributed by atoms with Gasteiger partial charge in [0, 0.05) is 37.3 Å². The number of fused-ring (bicyclic) bond motifs is 1. The van der Waals surface area contributed by atoms with Crippen LogP contribution in [0.2, 0.25) is 5.02 Å². The molecule has 55 heavy (non-hydrogen) atoms. The first-order valence-electron chi connectivity index (χ1n) is 20.5. The lowest BCUT2D eigenvalue weighted by molar-refractivity contribution is -0.136. The third kappa shape index (κ3) is 8.95. The molecule has 4 fully saturated rings. The maximum Gasteiger partial charge on any atom is 0.530 e. The topological polar surface area (TPSA) is 130 Å². The maximum absolute atomic E-state index is 13.1. The Morgan fingerprint density at radius 2 is 1.78 bits per heavy atom. The summed E-state index contributed by atoms with van der Waals surface area (Å²) < 4.78 is 1.94. The van der Waals surface area contributed by atoms with Crippen LogP contribution in [0, 0.1) is 17.9 Å². The van der Waals surface area contributed by atoms with E-state index in [1.807, 2.05) is 24.0 Å². The Bertz CT molecular complexity index is 1970. The number of aromatic nitrogens is 4. The van der Waals surface area contributed by atoms with Crippen LogP contribution >= 0.6 is 11.6 Å². The highest BCUT2D eigenvalue weighted by molar-refractivity contribution is 6.33. The minimum Gasteiger partial charge on any atom is -0.322 e. The fourth-order valence-electron chi connectivity index (χ4n) is 8.96. The lowest BCUT2D eigenvalue weighted by Gasteiger charge is -2.32. The number of nitrogens with zero attached hydrogens (tertiary/aromatic N) is 7. The van der Waals surface area contributed by atoms with Gasteiger partial charge in [-0.1, -0.05) is 40.1 Å². The third-order valence-corrected chi connectivity index (χ3v) is 12.8. The van der Waals surface area contributed by atoms with Gasteiger partial charge >= 0.3 is 5.95 Å². The van der Waals surface area contributed by atoms with Crippen LogP contribution in [0.1, 0.15) is 117 Å². The summed E-state index contributed by atoms with van der Waals surface area (Å²) in [6.07, 6.45) is 18.0. The monoisotopic (exact) mass is 766 g/mol. The second-order valence-corrected chi connectivity index (χ2v) is 16.8. The molecule has 1 atom stereocenters. The Morgan fingerprint density at radius 1 is 0.964 bits per heavy atom. The molecule has 2 N–H and O–H groups in total. The first-order valence-corrected chi connectivity index (χ1v) is 20.9. The van der Waals surface area contributed by atoms with Crippen LogP contribution in [0.5, 0.6) is 0 Å². The molecule has 2 aliphatic carbocycles. The van der Waals surface area contributed by atoms with Crippen LogP contribution in [-0.4, -0.2) is 85.5 Å². The molecular weight excluding hydrogens is 714 g/mol. The van der Waals surface area contributed by atoms with Crippen LogP contribution in [0.25, 0.3) is 16.1 Å². The summed E-state index contributed by atoms with van der Waals surface area (Å²) in [5.74, 6) is 1.22. The predicted molar refractivity (Wildman–Crippen MR) is 211 cm³/mol. The van der Waals surface area contributed by atoms with E-state index in [0.717, 1.165) is 88.2 Å². The summed E-state index contributed by atoms with van der Waals surface area (Å²) in [4.78, 5) is 55.0. The number of imide groups is 1. The molecule has 13 heteroatoms. The van der Waals surface area contributed by atoms with Gasteiger partial charge in [0.05, 0.1) is 17.7 Å². The van der Waals surface area contributed by atoms with Crippen molar-refractivity contribution in [3.05, 3.63) is 62.8 Å². The number of carbonyl (C=O) groups excluding carboxylic acids is 3. The van der Waals surface area contributed by atoms with E-state index in [1.54, 1.807) is 11.1 Å². The molecule has 1 unspecified atom stereocenters. The average Bonchev–Trinajstić information content (AvgIpc) is 3.87. The van der Waals surface area contributed by atoms with Crippen molar-refractivity contribution in [2.24, 2.45) is 18.9 Å². The smallest absolute Gasteiger partial charge is 0.322 e. The lowest BCUT2D eigenvalue weighted by atomic mass is 9.87. The maximum atomic E-state index is 13.1. The standard InChI is InChI=1S/C42H52ClN9O3/c1-50-37(21-27-5-6-27)34(24-47-50)39-35(43)25-46-42(49-39)45-23-28-7-10-32(11-8-28)44-17-3-2-4-18-51-19-15-29(16-20-51)30-9-12-33-31(22-30)26-52(41(33)55)36-13-14-38(53)48-40(36)54/h9,12,22,24-25,27-29,32,36,44H,2-8,10-11,13-21,26H2,1H3/p+1. The van der Waals surface area contributed by atoms with Gasteiger partial charge in [-0.05, 0) is 132 Å². The SMILES string of the molecule is Cn1ncc(-c2nc([N+]#CC3CCC(NCCCCCN4CCC(c5ccc6c(c5)CN(C5CCC(=O)NC5=O)C6=O)CC4)CC3)ncc2Cl)c1CC1CC1. The highest BCUT2D eigenvalue weighted by Crippen LogP contribution is 2.37. The highest BCUT2D eigenvalue weighted by atomic mass is 35.5. The van der Waals surface area contributed by atoms with Gasteiger partial charge in [-0.15, -0.1) is 0 Å². The fraction of sp³-hybridized carbons (Fsp3) is 0.595. The van der Waals surface area contributed by atoms with E-state index in [4.69, 9.17) is 16.6 Å². The molecule has 0 radical (unpaired) electrons. The summed E-state index contributed by atoms with van der Waals surface area (Å²) in [6.45, 7) is 4.85. The quantitative estimate of drug-likeness (QED) is 0.160. The minimum absolute atomic E-state index is 0.104. The van der Waals surface area contributed by atoms with Gasteiger partial charge < -0.3 is 15.1 Å². The Morgan fingerprint density at radius 3 is 2.56 bits per heavy atom. The van der Waals surface area contributed by atoms with Gasteiger partial charge in [0.25, 0.3) is 5.91 Å². The van der Waals surface area contributed by atoms with Crippen molar-refractivity contribution in [1.29, 1.82) is 0 Å². The minimum atomic E-state index is -0.568. The Hall–Kier alpha value is -4.18. The van der Waals surface area contributed by atoms with Crippen molar-refractivity contribution in [3.8, 4) is 17.3 Å². The number of halogens is 1. The van der Waals surface area contributed by atoms with E-state index >= 15 is 0 Å². The number of piperidine rings is 2. The molecule has 1 aromatic carbocycles. The zero-order chi connectivity index (χ0) is 37.9. The summed E-state index contributed by atoms with van der Waals surface area (Å²) in [7, 11) is 1.98. The summed E-state index contributed by atoms with van der Waals surface area (Å²) in [5, 5.41) is 11.2. The Labute approximate surface area is 328 Å². The fourth-order valence-corrected chi connectivity index (χ4v) is 9.15. The molecule has 8 rings (SSSR count). The Kier molecular flexibility index (Phi) is 11.6. The van der Waals surface area contributed by atoms with Crippen LogP contribution in [0.15, 0.2) is 30.6 Å². The molecule has 3 aliphatic heterocycles. The van der Waals surface area contributed by atoms with E-state index in [0.29, 0.717) is 53.1 Å². The predicted octanol–water partition coefficient (Wildman–Crippen LogP) is 6.41. The van der Waals surface area contributed by atoms with Crippen molar-refractivity contribution in [2.45, 2.75) is 114 Å². The molecule has 5 heterocycles. The van der Waals surface area contributed by atoms with Crippen LogP contribution < -0.4 is 10.6 Å². The van der Waals surface area contributed by atoms with Gasteiger partial charge in [-0.3, -0.25) is 24.4 Å². The van der Waals surface area contributed by atoms with E-state index in [1.165, 1.54) is 43.4 Å². The molecule has 12 nitrogen and oxygen atoms in total. The number of aryl methyl sites for hydroxylation is 1. The largest absolute Gasteiger partial charge is 0.530 e. The number of amides is 3. The van der Waals surface area contributed by atoms with Crippen LogP contribution in [0.4, 0.5) is 5.95 Å². The van der Waals surface area contributed by atoms with Crippen molar-refractivity contribution in [3.63, 3.8) is 0 Å². The van der Waals surface area contributed by atoms with Crippen LogP contribution in [0.3, 0.4) is 0 Å². The van der Waals surface area contributed by atoms with Gasteiger partial charge in [0.15, 0.2) is 5.69 Å². The summed E-state index contributed by atoms with van der Waals surface area (Å²) in [6, 6.07) is 9.57. The lowest BCUT2D eigenvalue weighted by Crippen LogP contribution is -2.52. The van der Waals surface area contributed by atoms with Gasteiger partial charge in [-0.2, -0.15) is 9.94 Å². The van der Waals surface area contributed by atoms with Crippen molar-refractivity contribution >= 4 is 35.3 Å². The molecule has 2 saturated carbocycles. The number of benzene rings is 1. The van der Waals surface area contributed by atoms with E-state index in [-0.39, 0.29) is 24.1 Å². The van der Waals surface area contributed by atoms with Gasteiger partial charge in [0.1, 0.15) is 23.3 Å². The average molecular weight is 767 g/mol. The molecule has 3 amide bonds. The molecule has 2 aromatic heterocycles. The number of hydrogen-bond donors (Lipinski definition) is 2. The number of unbranched alkanes of at least 4 members (excludes halogenated alkanes) is 2. The zero-order valence-electron chi connectivity index (χ0n) is 31.9.